The summed E-state index contributed by atoms with van der Waals surface area (Å²) in [5.74, 6) is -1.11. The van der Waals surface area contributed by atoms with Gasteiger partial charge in [-0.2, -0.15) is 5.26 Å². The number of nitrogens with zero attached hydrogens (tertiary/aromatic N) is 2. The monoisotopic (exact) mass is 316 g/mol. The SMILES string of the molecule is N#CCc1cccc(C(=O)N(CCC(=O)O)C2CCOCC2)c1. The van der Waals surface area contributed by atoms with E-state index in [-0.39, 0.29) is 31.3 Å². The Morgan fingerprint density at radius 2 is 2.09 bits per heavy atom. The molecule has 6 nitrogen and oxygen atoms in total. The standard InChI is InChI=1S/C17H20N2O4/c18-8-4-13-2-1-3-14(12-13)17(22)19(9-5-16(20)21)15-6-10-23-11-7-15/h1-3,12,15H,4-7,9-11H2,(H,20,21). The zero-order valence-corrected chi connectivity index (χ0v) is 12.9. The molecule has 1 heterocycles. The lowest BCUT2D eigenvalue weighted by Crippen LogP contribution is -2.44. The molecule has 0 spiro atoms. The number of aliphatic carboxylic acids is 1. The molecule has 1 aromatic carbocycles. The van der Waals surface area contributed by atoms with Gasteiger partial charge < -0.3 is 14.7 Å². The molecule has 0 unspecified atom stereocenters. The number of amides is 1. The van der Waals surface area contributed by atoms with Crippen molar-refractivity contribution in [2.24, 2.45) is 0 Å². The van der Waals surface area contributed by atoms with Crippen molar-refractivity contribution in [2.75, 3.05) is 19.8 Å². The number of ether oxygens (including phenoxy) is 1. The lowest BCUT2D eigenvalue weighted by molar-refractivity contribution is -0.137. The van der Waals surface area contributed by atoms with Gasteiger partial charge in [0.1, 0.15) is 0 Å². The normalized spacial score (nSPS) is 14.9. The first-order chi connectivity index (χ1) is 11.1. The van der Waals surface area contributed by atoms with Gasteiger partial charge in [-0.3, -0.25) is 9.59 Å². The van der Waals surface area contributed by atoms with E-state index in [0.717, 1.165) is 5.56 Å². The van der Waals surface area contributed by atoms with E-state index in [1.807, 2.05) is 0 Å². The molecule has 0 bridgehead atoms. The van der Waals surface area contributed by atoms with Crippen molar-refractivity contribution >= 4 is 11.9 Å². The Balaban J connectivity index is 2.18. The molecule has 1 amide bonds. The summed E-state index contributed by atoms with van der Waals surface area (Å²) in [6, 6.07) is 9.02. The molecule has 0 aliphatic carbocycles. The summed E-state index contributed by atoms with van der Waals surface area (Å²) in [5.41, 5.74) is 1.28. The Bertz CT molecular complexity index is 603. The summed E-state index contributed by atoms with van der Waals surface area (Å²) in [6.07, 6.45) is 1.58. The van der Waals surface area contributed by atoms with Crippen LogP contribution in [0.5, 0.6) is 0 Å². The second-order valence-corrected chi connectivity index (χ2v) is 5.52. The van der Waals surface area contributed by atoms with Gasteiger partial charge in [-0.15, -0.1) is 0 Å². The number of carbonyl (C=O) groups is 2. The lowest BCUT2D eigenvalue weighted by atomic mass is 10.0. The zero-order chi connectivity index (χ0) is 16.7. The summed E-state index contributed by atoms with van der Waals surface area (Å²) in [6.45, 7) is 1.34. The smallest absolute Gasteiger partial charge is 0.305 e. The molecule has 23 heavy (non-hydrogen) atoms. The van der Waals surface area contributed by atoms with Gasteiger partial charge in [0, 0.05) is 31.4 Å². The van der Waals surface area contributed by atoms with Crippen molar-refractivity contribution in [3.05, 3.63) is 35.4 Å². The van der Waals surface area contributed by atoms with E-state index in [1.54, 1.807) is 29.2 Å². The fourth-order valence-electron chi connectivity index (χ4n) is 2.73. The van der Waals surface area contributed by atoms with Crippen LogP contribution in [0.15, 0.2) is 24.3 Å². The Kier molecular flexibility index (Phi) is 6.12. The van der Waals surface area contributed by atoms with Crippen LogP contribution in [0.1, 0.15) is 35.2 Å². The van der Waals surface area contributed by atoms with E-state index in [9.17, 15) is 9.59 Å². The first kappa shape index (κ1) is 17.0. The molecule has 6 heteroatoms. The number of hydrogen-bond donors (Lipinski definition) is 1. The van der Waals surface area contributed by atoms with Crippen LogP contribution in [0.4, 0.5) is 0 Å². The van der Waals surface area contributed by atoms with E-state index in [1.165, 1.54) is 0 Å². The van der Waals surface area contributed by atoms with Gasteiger partial charge in [-0.25, -0.2) is 0 Å². The molecule has 1 aliphatic heterocycles. The predicted molar refractivity (Wildman–Crippen MR) is 82.9 cm³/mol. The maximum atomic E-state index is 12.8. The number of carboxylic acids is 1. The summed E-state index contributed by atoms with van der Waals surface area (Å²) >= 11 is 0. The Morgan fingerprint density at radius 1 is 1.35 bits per heavy atom. The number of benzene rings is 1. The Labute approximate surface area is 135 Å². The predicted octanol–water partition coefficient (Wildman–Crippen LogP) is 1.85. The second kappa shape index (κ2) is 8.30. The van der Waals surface area contributed by atoms with E-state index in [0.29, 0.717) is 31.6 Å². The molecule has 0 saturated carbocycles. The van der Waals surface area contributed by atoms with E-state index in [4.69, 9.17) is 15.1 Å². The van der Waals surface area contributed by atoms with Gasteiger partial charge in [0.25, 0.3) is 5.91 Å². The fourth-order valence-corrected chi connectivity index (χ4v) is 2.73. The number of rotatable bonds is 6. The quantitative estimate of drug-likeness (QED) is 0.865. The third-order valence-electron chi connectivity index (χ3n) is 3.92. The van der Waals surface area contributed by atoms with Crippen molar-refractivity contribution in [2.45, 2.75) is 31.7 Å². The molecule has 0 atom stereocenters. The highest BCUT2D eigenvalue weighted by atomic mass is 16.5. The van der Waals surface area contributed by atoms with Gasteiger partial charge >= 0.3 is 5.97 Å². The molecular formula is C17H20N2O4. The first-order valence-corrected chi connectivity index (χ1v) is 7.68. The van der Waals surface area contributed by atoms with Gasteiger partial charge in [0.2, 0.25) is 0 Å². The molecule has 1 aliphatic rings. The highest BCUT2D eigenvalue weighted by Gasteiger charge is 2.27. The highest BCUT2D eigenvalue weighted by Crippen LogP contribution is 2.19. The average molecular weight is 316 g/mol. The van der Waals surface area contributed by atoms with Gasteiger partial charge in [0.15, 0.2) is 0 Å². The van der Waals surface area contributed by atoms with Gasteiger partial charge in [0.05, 0.1) is 18.9 Å². The van der Waals surface area contributed by atoms with Crippen molar-refractivity contribution in [3.8, 4) is 6.07 Å². The molecule has 1 saturated heterocycles. The van der Waals surface area contributed by atoms with Crippen LogP contribution >= 0.6 is 0 Å². The summed E-state index contributed by atoms with van der Waals surface area (Å²) in [4.78, 5) is 25.3. The van der Waals surface area contributed by atoms with Gasteiger partial charge in [-0.05, 0) is 30.5 Å². The molecule has 2 rings (SSSR count). The molecule has 0 radical (unpaired) electrons. The molecule has 122 valence electrons. The van der Waals surface area contributed by atoms with Crippen LogP contribution < -0.4 is 0 Å². The maximum Gasteiger partial charge on any atom is 0.305 e. The van der Waals surface area contributed by atoms with Crippen LogP contribution in [0.3, 0.4) is 0 Å². The van der Waals surface area contributed by atoms with Gasteiger partial charge in [-0.1, -0.05) is 12.1 Å². The molecular weight excluding hydrogens is 296 g/mol. The summed E-state index contributed by atoms with van der Waals surface area (Å²) in [5, 5.41) is 17.7. The second-order valence-electron chi connectivity index (χ2n) is 5.52. The van der Waals surface area contributed by atoms with E-state index in [2.05, 4.69) is 6.07 Å². The first-order valence-electron chi connectivity index (χ1n) is 7.68. The van der Waals surface area contributed by atoms with Crippen LogP contribution in [0.25, 0.3) is 0 Å². The van der Waals surface area contributed by atoms with Crippen molar-refractivity contribution in [1.82, 2.24) is 4.90 Å². The van der Waals surface area contributed by atoms with Crippen molar-refractivity contribution in [3.63, 3.8) is 0 Å². The molecule has 1 fully saturated rings. The summed E-state index contributed by atoms with van der Waals surface area (Å²) in [7, 11) is 0. The maximum absolute atomic E-state index is 12.8. The minimum Gasteiger partial charge on any atom is -0.481 e. The van der Waals surface area contributed by atoms with Crippen molar-refractivity contribution < 1.29 is 19.4 Å². The van der Waals surface area contributed by atoms with Crippen LogP contribution in [-0.2, 0) is 16.0 Å². The van der Waals surface area contributed by atoms with Crippen LogP contribution in [-0.4, -0.2) is 47.7 Å². The fraction of sp³-hybridized carbons (Fsp3) is 0.471. The molecule has 1 N–H and O–H groups in total. The number of nitriles is 1. The van der Waals surface area contributed by atoms with Crippen LogP contribution in [0, 0.1) is 11.3 Å². The number of carboxylic acid groups (broad SMARTS) is 1. The molecule has 1 aromatic rings. The highest BCUT2D eigenvalue weighted by molar-refractivity contribution is 5.94. The Hall–Kier alpha value is -2.39. The third kappa shape index (κ3) is 4.80. The minimum atomic E-state index is -0.923. The van der Waals surface area contributed by atoms with Crippen LogP contribution in [0.2, 0.25) is 0 Å². The zero-order valence-electron chi connectivity index (χ0n) is 12.9. The largest absolute Gasteiger partial charge is 0.481 e. The lowest BCUT2D eigenvalue weighted by Gasteiger charge is -2.34. The minimum absolute atomic E-state index is 0.00442. The van der Waals surface area contributed by atoms with E-state index >= 15 is 0 Å². The summed E-state index contributed by atoms with van der Waals surface area (Å²) < 4.78 is 5.32. The number of carbonyl (C=O) groups excluding carboxylic acids is 1. The van der Waals surface area contributed by atoms with E-state index < -0.39 is 5.97 Å². The topological polar surface area (TPSA) is 90.6 Å². The Morgan fingerprint density at radius 3 is 2.74 bits per heavy atom. The van der Waals surface area contributed by atoms with Crippen molar-refractivity contribution in [1.29, 1.82) is 5.26 Å². The third-order valence-corrected chi connectivity index (χ3v) is 3.92. The number of hydrogen-bond acceptors (Lipinski definition) is 4. The molecule has 0 aromatic heterocycles. The average Bonchev–Trinajstić information content (AvgIpc) is 2.56.